The minimum Gasteiger partial charge on any atom is -0.461 e. The van der Waals surface area contributed by atoms with Crippen molar-refractivity contribution in [3.05, 3.63) is 60.5 Å². The number of furan rings is 1. The van der Waals surface area contributed by atoms with Crippen LogP contribution < -0.4 is 4.90 Å². The molecule has 0 radical (unpaired) electrons. The van der Waals surface area contributed by atoms with Gasteiger partial charge in [0.05, 0.1) is 12.0 Å². The van der Waals surface area contributed by atoms with E-state index in [0.717, 1.165) is 25.3 Å². The number of piperidine rings is 1. The summed E-state index contributed by atoms with van der Waals surface area (Å²) < 4.78 is 10.8. The van der Waals surface area contributed by atoms with Crippen LogP contribution >= 0.6 is 0 Å². The first-order valence-corrected chi connectivity index (χ1v) is 8.79. The number of likely N-dealkylation sites (N-methyl/N-ethyl adjacent to an activating group) is 1. The van der Waals surface area contributed by atoms with Gasteiger partial charge in [0.25, 0.3) is 0 Å². The van der Waals surface area contributed by atoms with Gasteiger partial charge >= 0.3 is 0 Å². The lowest BCUT2D eigenvalue weighted by molar-refractivity contribution is 0.203. The van der Waals surface area contributed by atoms with Crippen molar-refractivity contribution >= 4 is 5.69 Å². The van der Waals surface area contributed by atoms with Crippen LogP contribution in [0.4, 0.5) is 5.69 Å². The van der Waals surface area contributed by atoms with Gasteiger partial charge in [-0.3, -0.25) is 4.90 Å². The third-order valence-electron chi connectivity index (χ3n) is 4.88. The molecule has 3 aromatic rings. The Kier molecular flexibility index (Phi) is 4.57. The average molecular weight is 337 g/mol. The van der Waals surface area contributed by atoms with Gasteiger partial charge in [0.15, 0.2) is 5.76 Å². The predicted octanol–water partition coefficient (Wildman–Crippen LogP) is 4.04. The van der Waals surface area contributed by atoms with Crippen molar-refractivity contribution in [2.45, 2.75) is 25.4 Å². The Morgan fingerprint density at radius 2 is 2.04 bits per heavy atom. The second-order valence-electron chi connectivity index (χ2n) is 6.65. The number of aromatic nitrogens is 1. The first kappa shape index (κ1) is 16.0. The Balaban J connectivity index is 1.40. The first-order chi connectivity index (χ1) is 12.3. The van der Waals surface area contributed by atoms with Crippen molar-refractivity contribution in [3.63, 3.8) is 0 Å². The molecule has 5 nitrogen and oxygen atoms in total. The Bertz CT molecular complexity index is 782. The van der Waals surface area contributed by atoms with Gasteiger partial charge in [-0.25, -0.2) is 0 Å². The van der Waals surface area contributed by atoms with Crippen LogP contribution in [0, 0.1) is 0 Å². The molecule has 0 bridgehead atoms. The Morgan fingerprint density at radius 1 is 1.16 bits per heavy atom. The molecule has 0 N–H and O–H groups in total. The van der Waals surface area contributed by atoms with Gasteiger partial charge in [0, 0.05) is 37.4 Å². The van der Waals surface area contributed by atoms with Crippen LogP contribution in [0.3, 0.4) is 0 Å². The van der Waals surface area contributed by atoms with Gasteiger partial charge in [-0.1, -0.05) is 23.4 Å². The van der Waals surface area contributed by atoms with E-state index in [1.165, 1.54) is 18.5 Å². The van der Waals surface area contributed by atoms with Crippen LogP contribution in [0.5, 0.6) is 0 Å². The molecule has 1 aliphatic heterocycles. The number of benzene rings is 1. The van der Waals surface area contributed by atoms with Gasteiger partial charge in [0.1, 0.15) is 0 Å². The molecule has 4 rings (SSSR count). The second-order valence-corrected chi connectivity index (χ2v) is 6.65. The maximum atomic E-state index is 5.41. The largest absolute Gasteiger partial charge is 0.461 e. The molecular weight excluding hydrogens is 314 g/mol. The van der Waals surface area contributed by atoms with Gasteiger partial charge in [-0.05, 0) is 44.2 Å². The summed E-state index contributed by atoms with van der Waals surface area (Å²) in [4.78, 5) is 4.85. The second kappa shape index (κ2) is 7.15. The number of hydrogen-bond donors (Lipinski definition) is 0. The smallest absolute Gasteiger partial charge is 0.202 e. The molecule has 0 saturated carbocycles. The molecule has 1 fully saturated rings. The highest BCUT2D eigenvalue weighted by Gasteiger charge is 2.24. The summed E-state index contributed by atoms with van der Waals surface area (Å²) in [5.41, 5.74) is 2.24. The summed E-state index contributed by atoms with van der Waals surface area (Å²) >= 11 is 0. The van der Waals surface area contributed by atoms with Crippen LogP contribution in [0.25, 0.3) is 11.5 Å². The number of anilines is 1. The van der Waals surface area contributed by atoms with Crippen LogP contribution in [-0.4, -0.2) is 36.2 Å². The Labute approximate surface area is 147 Å². The number of hydrogen-bond acceptors (Lipinski definition) is 5. The van der Waals surface area contributed by atoms with E-state index in [9.17, 15) is 0 Å². The van der Waals surface area contributed by atoms with Crippen LogP contribution in [-0.2, 0) is 6.54 Å². The van der Waals surface area contributed by atoms with E-state index in [1.54, 1.807) is 6.26 Å². The fraction of sp³-hybridized carbons (Fsp3) is 0.350. The molecule has 0 spiro atoms. The number of nitrogens with zero attached hydrogens (tertiary/aromatic N) is 3. The third kappa shape index (κ3) is 3.61. The third-order valence-corrected chi connectivity index (χ3v) is 4.88. The molecule has 1 aromatic carbocycles. The minimum atomic E-state index is 0.512. The van der Waals surface area contributed by atoms with E-state index in [-0.39, 0.29) is 0 Å². The summed E-state index contributed by atoms with van der Waals surface area (Å²) in [6.45, 7) is 2.95. The van der Waals surface area contributed by atoms with E-state index in [4.69, 9.17) is 8.94 Å². The molecule has 1 atom stereocenters. The molecule has 1 unspecified atom stereocenters. The summed E-state index contributed by atoms with van der Waals surface area (Å²) in [7, 11) is 2.17. The van der Waals surface area contributed by atoms with Crippen LogP contribution in [0.2, 0.25) is 0 Å². The van der Waals surface area contributed by atoms with Crippen molar-refractivity contribution < 1.29 is 8.94 Å². The quantitative estimate of drug-likeness (QED) is 0.703. The fourth-order valence-electron chi connectivity index (χ4n) is 3.49. The molecule has 1 saturated heterocycles. The van der Waals surface area contributed by atoms with Gasteiger partial charge in [0.2, 0.25) is 5.76 Å². The maximum absolute atomic E-state index is 5.41. The Morgan fingerprint density at radius 3 is 2.84 bits per heavy atom. The fourth-order valence-corrected chi connectivity index (χ4v) is 3.49. The number of rotatable bonds is 5. The topological polar surface area (TPSA) is 45.7 Å². The highest BCUT2D eigenvalue weighted by atomic mass is 16.5. The lowest BCUT2D eigenvalue weighted by Gasteiger charge is -2.38. The summed E-state index contributed by atoms with van der Waals surface area (Å²) in [6.07, 6.45) is 4.06. The van der Waals surface area contributed by atoms with Gasteiger partial charge in [-0.15, -0.1) is 0 Å². The summed E-state index contributed by atoms with van der Waals surface area (Å²) in [5, 5.41) is 4.19. The lowest BCUT2D eigenvalue weighted by Crippen LogP contribution is -2.46. The van der Waals surface area contributed by atoms with Crippen molar-refractivity contribution in [2.75, 3.05) is 25.0 Å². The minimum absolute atomic E-state index is 0.512. The molecule has 25 heavy (non-hydrogen) atoms. The maximum Gasteiger partial charge on any atom is 0.202 e. The molecule has 5 heteroatoms. The molecule has 1 aliphatic rings. The highest BCUT2D eigenvalue weighted by Crippen LogP contribution is 2.24. The first-order valence-electron chi connectivity index (χ1n) is 8.79. The van der Waals surface area contributed by atoms with Gasteiger partial charge < -0.3 is 13.8 Å². The lowest BCUT2D eigenvalue weighted by atomic mass is 10.0. The monoisotopic (exact) mass is 337 g/mol. The SMILES string of the molecule is CN(Cc1cc(-c2ccco2)on1)C1CCCN(c2ccccc2)C1. The van der Waals surface area contributed by atoms with Crippen molar-refractivity contribution in [1.29, 1.82) is 0 Å². The molecule has 3 heterocycles. The van der Waals surface area contributed by atoms with Crippen molar-refractivity contribution in [2.24, 2.45) is 0 Å². The molecule has 0 amide bonds. The van der Waals surface area contributed by atoms with E-state index in [2.05, 4.69) is 52.3 Å². The molecule has 130 valence electrons. The summed E-state index contributed by atoms with van der Waals surface area (Å²) in [5.74, 6) is 1.40. The zero-order valence-corrected chi connectivity index (χ0v) is 14.5. The van der Waals surface area contributed by atoms with Gasteiger partial charge in [-0.2, -0.15) is 0 Å². The standard InChI is InChI=1S/C20H23N3O2/c1-22(14-16-13-20(25-21-16)19-10-6-12-24-19)18-9-5-11-23(15-18)17-7-3-2-4-8-17/h2-4,6-8,10,12-13,18H,5,9,11,14-15H2,1H3. The summed E-state index contributed by atoms with van der Waals surface area (Å²) in [6, 6.07) is 16.9. The normalized spacial score (nSPS) is 18.0. The van der Waals surface area contributed by atoms with E-state index in [0.29, 0.717) is 17.6 Å². The predicted molar refractivity (Wildman–Crippen MR) is 97.3 cm³/mol. The number of para-hydroxylation sites is 1. The van der Waals surface area contributed by atoms with Crippen molar-refractivity contribution in [1.82, 2.24) is 10.1 Å². The van der Waals surface area contributed by atoms with E-state index in [1.807, 2.05) is 18.2 Å². The average Bonchev–Trinajstić information content (AvgIpc) is 3.34. The highest BCUT2D eigenvalue weighted by molar-refractivity contribution is 5.49. The zero-order valence-electron chi connectivity index (χ0n) is 14.5. The Hall–Kier alpha value is -2.53. The molecular formula is C20H23N3O2. The zero-order chi connectivity index (χ0) is 17.1. The van der Waals surface area contributed by atoms with E-state index < -0.39 is 0 Å². The van der Waals surface area contributed by atoms with Crippen LogP contribution in [0.1, 0.15) is 18.5 Å². The van der Waals surface area contributed by atoms with E-state index >= 15 is 0 Å². The van der Waals surface area contributed by atoms with Crippen LogP contribution in [0.15, 0.2) is 63.7 Å². The molecule has 0 aliphatic carbocycles. The van der Waals surface area contributed by atoms with Crippen molar-refractivity contribution in [3.8, 4) is 11.5 Å². The molecule has 2 aromatic heterocycles.